The molecule has 5 nitrogen and oxygen atoms in total. The molecule has 0 bridgehead atoms. The maximum atomic E-state index is 4.39. The predicted octanol–water partition coefficient (Wildman–Crippen LogP) is 1.65. The minimum absolute atomic E-state index is 0.548. The van der Waals surface area contributed by atoms with Crippen LogP contribution in [0.1, 0.15) is 19.5 Å². The summed E-state index contributed by atoms with van der Waals surface area (Å²) in [5.74, 6) is 0. The normalized spacial score (nSPS) is 23.9. The fraction of sp³-hybridized carbons (Fsp3) is 0.467. The molecule has 0 amide bonds. The average Bonchev–Trinajstić information content (AvgIpc) is 2.92. The Bertz CT molecular complexity index is 550. The number of nitrogens with zero attached hydrogens (tertiary/aromatic N) is 3. The molecule has 0 aromatic carbocycles. The number of hydrogen-bond donors (Lipinski definition) is 2. The highest BCUT2D eigenvalue weighted by Gasteiger charge is 2.22. The number of pyridine rings is 1. The maximum absolute atomic E-state index is 4.39. The summed E-state index contributed by atoms with van der Waals surface area (Å²) in [4.78, 5) is 6.62. The van der Waals surface area contributed by atoms with E-state index in [-0.39, 0.29) is 0 Å². The van der Waals surface area contributed by atoms with Crippen LogP contribution in [-0.2, 0) is 6.54 Å². The molecule has 106 valence electrons. The fourth-order valence-corrected chi connectivity index (χ4v) is 2.64. The SMILES string of the molecule is CC1CN(Cc2cc(-c3cccnc3)n[nH]2)C(C)CN1. The highest BCUT2D eigenvalue weighted by atomic mass is 15.2. The van der Waals surface area contributed by atoms with Crippen molar-refractivity contribution in [3.63, 3.8) is 0 Å². The van der Waals surface area contributed by atoms with E-state index in [0.29, 0.717) is 12.1 Å². The minimum Gasteiger partial charge on any atom is -0.311 e. The molecule has 1 fully saturated rings. The van der Waals surface area contributed by atoms with E-state index in [9.17, 15) is 0 Å². The van der Waals surface area contributed by atoms with Crippen molar-refractivity contribution < 1.29 is 0 Å². The number of aromatic amines is 1. The molecular formula is C15H21N5. The summed E-state index contributed by atoms with van der Waals surface area (Å²) in [6.07, 6.45) is 3.62. The Morgan fingerprint density at radius 1 is 1.40 bits per heavy atom. The van der Waals surface area contributed by atoms with Crippen LogP contribution < -0.4 is 5.32 Å². The number of H-pyrrole nitrogens is 1. The molecule has 2 atom stereocenters. The van der Waals surface area contributed by atoms with Gasteiger partial charge in [-0.15, -0.1) is 0 Å². The van der Waals surface area contributed by atoms with Crippen molar-refractivity contribution in [3.8, 4) is 11.3 Å². The van der Waals surface area contributed by atoms with Crippen molar-refractivity contribution in [1.29, 1.82) is 0 Å². The first kappa shape index (κ1) is 13.3. The van der Waals surface area contributed by atoms with Crippen molar-refractivity contribution in [2.24, 2.45) is 0 Å². The molecule has 20 heavy (non-hydrogen) atoms. The van der Waals surface area contributed by atoms with Crippen molar-refractivity contribution >= 4 is 0 Å². The van der Waals surface area contributed by atoms with Gasteiger partial charge in [0.2, 0.25) is 0 Å². The molecule has 0 aliphatic carbocycles. The molecule has 1 aliphatic rings. The van der Waals surface area contributed by atoms with E-state index < -0.39 is 0 Å². The van der Waals surface area contributed by atoms with Gasteiger partial charge in [-0.3, -0.25) is 15.0 Å². The Labute approximate surface area is 119 Å². The lowest BCUT2D eigenvalue weighted by atomic mass is 10.1. The second-order valence-corrected chi connectivity index (χ2v) is 5.61. The van der Waals surface area contributed by atoms with Gasteiger partial charge in [0.05, 0.1) is 5.69 Å². The van der Waals surface area contributed by atoms with E-state index >= 15 is 0 Å². The van der Waals surface area contributed by atoms with Crippen LogP contribution in [0.4, 0.5) is 0 Å². The number of hydrogen-bond acceptors (Lipinski definition) is 4. The van der Waals surface area contributed by atoms with Gasteiger partial charge in [-0.1, -0.05) is 0 Å². The van der Waals surface area contributed by atoms with E-state index in [1.165, 1.54) is 0 Å². The van der Waals surface area contributed by atoms with Crippen LogP contribution in [0, 0.1) is 0 Å². The molecule has 2 N–H and O–H groups in total. The molecule has 1 aliphatic heterocycles. The van der Waals surface area contributed by atoms with E-state index in [1.54, 1.807) is 6.20 Å². The second kappa shape index (κ2) is 5.73. The van der Waals surface area contributed by atoms with Crippen molar-refractivity contribution in [3.05, 3.63) is 36.3 Å². The average molecular weight is 271 g/mol. The Kier molecular flexibility index (Phi) is 3.80. The summed E-state index contributed by atoms with van der Waals surface area (Å²) in [6.45, 7) is 7.53. The van der Waals surface area contributed by atoms with Crippen molar-refractivity contribution in [1.82, 2.24) is 25.4 Å². The highest BCUT2D eigenvalue weighted by molar-refractivity contribution is 5.57. The molecule has 3 rings (SSSR count). The van der Waals surface area contributed by atoms with E-state index in [2.05, 4.69) is 45.3 Å². The molecule has 1 saturated heterocycles. The first-order chi connectivity index (χ1) is 9.72. The molecule has 0 saturated carbocycles. The van der Waals surface area contributed by atoms with Crippen LogP contribution in [-0.4, -0.2) is 45.3 Å². The summed E-state index contributed by atoms with van der Waals surface area (Å²) < 4.78 is 0. The first-order valence-corrected chi connectivity index (χ1v) is 7.14. The quantitative estimate of drug-likeness (QED) is 0.891. The lowest BCUT2D eigenvalue weighted by Crippen LogP contribution is -2.53. The highest BCUT2D eigenvalue weighted by Crippen LogP contribution is 2.18. The van der Waals surface area contributed by atoms with Gasteiger partial charge in [0.15, 0.2) is 0 Å². The third-order valence-corrected chi connectivity index (χ3v) is 3.86. The zero-order chi connectivity index (χ0) is 13.9. The van der Waals surface area contributed by atoms with Gasteiger partial charge in [-0.25, -0.2) is 0 Å². The number of nitrogens with one attached hydrogen (secondary N) is 2. The van der Waals surface area contributed by atoms with Gasteiger partial charge in [0.1, 0.15) is 0 Å². The zero-order valence-corrected chi connectivity index (χ0v) is 12.0. The zero-order valence-electron chi connectivity index (χ0n) is 12.0. The predicted molar refractivity (Wildman–Crippen MR) is 79.2 cm³/mol. The molecule has 2 aromatic rings. The van der Waals surface area contributed by atoms with Crippen LogP contribution in [0.25, 0.3) is 11.3 Å². The van der Waals surface area contributed by atoms with Gasteiger partial charge >= 0.3 is 0 Å². The monoisotopic (exact) mass is 271 g/mol. The van der Waals surface area contributed by atoms with Crippen LogP contribution in [0.3, 0.4) is 0 Å². The van der Waals surface area contributed by atoms with Gasteiger partial charge in [-0.2, -0.15) is 5.10 Å². The van der Waals surface area contributed by atoms with Crippen LogP contribution >= 0.6 is 0 Å². The van der Waals surface area contributed by atoms with Crippen molar-refractivity contribution in [2.45, 2.75) is 32.5 Å². The Hall–Kier alpha value is -1.72. The van der Waals surface area contributed by atoms with Crippen LogP contribution in [0.2, 0.25) is 0 Å². The number of piperazine rings is 1. The van der Waals surface area contributed by atoms with E-state index in [0.717, 1.165) is 36.6 Å². The van der Waals surface area contributed by atoms with Gasteiger partial charge in [0, 0.05) is 55.4 Å². The molecule has 3 heterocycles. The summed E-state index contributed by atoms with van der Waals surface area (Å²) in [7, 11) is 0. The maximum Gasteiger partial charge on any atom is 0.0939 e. The summed E-state index contributed by atoms with van der Waals surface area (Å²) >= 11 is 0. The van der Waals surface area contributed by atoms with Gasteiger partial charge < -0.3 is 5.32 Å². The van der Waals surface area contributed by atoms with Gasteiger partial charge in [-0.05, 0) is 32.0 Å². The minimum atomic E-state index is 0.548. The van der Waals surface area contributed by atoms with E-state index in [4.69, 9.17) is 0 Å². The molecule has 5 heteroatoms. The Morgan fingerprint density at radius 3 is 3.10 bits per heavy atom. The standard InChI is InChI=1S/C15H21N5/c1-11-9-20(12(2)7-17-11)10-14-6-15(19-18-14)13-4-3-5-16-8-13/h3-6,8,11-12,17H,7,9-10H2,1-2H3,(H,18,19). The molecular weight excluding hydrogens is 250 g/mol. The summed E-state index contributed by atoms with van der Waals surface area (Å²) in [5, 5.41) is 11.0. The van der Waals surface area contributed by atoms with Gasteiger partial charge in [0.25, 0.3) is 0 Å². The third kappa shape index (κ3) is 2.89. The third-order valence-electron chi connectivity index (χ3n) is 3.86. The topological polar surface area (TPSA) is 56.8 Å². The largest absolute Gasteiger partial charge is 0.311 e. The molecule has 2 unspecified atom stereocenters. The summed E-state index contributed by atoms with van der Waals surface area (Å²) in [6, 6.07) is 7.19. The molecule has 0 spiro atoms. The van der Waals surface area contributed by atoms with Crippen LogP contribution in [0.15, 0.2) is 30.6 Å². The number of aromatic nitrogens is 3. The fourth-order valence-electron chi connectivity index (χ4n) is 2.64. The van der Waals surface area contributed by atoms with Crippen LogP contribution in [0.5, 0.6) is 0 Å². The molecule has 2 aromatic heterocycles. The Balaban J connectivity index is 1.71. The van der Waals surface area contributed by atoms with Crippen molar-refractivity contribution in [2.75, 3.05) is 13.1 Å². The summed E-state index contributed by atoms with van der Waals surface area (Å²) in [5.41, 5.74) is 3.17. The Morgan fingerprint density at radius 2 is 2.30 bits per heavy atom. The second-order valence-electron chi connectivity index (χ2n) is 5.61. The lowest BCUT2D eigenvalue weighted by molar-refractivity contribution is 0.137. The van der Waals surface area contributed by atoms with E-state index in [1.807, 2.05) is 18.3 Å². The first-order valence-electron chi connectivity index (χ1n) is 7.14. The lowest BCUT2D eigenvalue weighted by Gasteiger charge is -2.37. The number of rotatable bonds is 3. The smallest absolute Gasteiger partial charge is 0.0939 e. The molecule has 0 radical (unpaired) electrons.